The Labute approximate surface area is 109 Å². The van der Waals surface area contributed by atoms with Crippen molar-refractivity contribution in [3.8, 4) is 0 Å². The molecule has 18 heavy (non-hydrogen) atoms. The first-order chi connectivity index (χ1) is 8.47. The molecule has 100 valence electrons. The third-order valence-corrected chi connectivity index (χ3v) is 3.22. The van der Waals surface area contributed by atoms with E-state index in [0.717, 1.165) is 12.4 Å². The molecule has 4 heteroatoms. The van der Waals surface area contributed by atoms with Crippen molar-refractivity contribution in [3.05, 3.63) is 23.9 Å². The molecule has 0 aliphatic carbocycles. The van der Waals surface area contributed by atoms with Gasteiger partial charge in [-0.3, -0.25) is 4.79 Å². The van der Waals surface area contributed by atoms with E-state index in [4.69, 9.17) is 0 Å². The average molecular weight is 249 g/mol. The van der Waals surface area contributed by atoms with E-state index >= 15 is 0 Å². The number of nitrogens with one attached hydrogen (secondary N) is 1. The minimum Gasteiger partial charge on any atom is -0.370 e. The summed E-state index contributed by atoms with van der Waals surface area (Å²) < 4.78 is 0. The second kappa shape index (κ2) is 6.38. The lowest BCUT2D eigenvalue weighted by molar-refractivity contribution is 0.0701. The summed E-state index contributed by atoms with van der Waals surface area (Å²) in [5, 5.41) is 3.11. The van der Waals surface area contributed by atoms with E-state index in [1.165, 1.54) is 0 Å². The van der Waals surface area contributed by atoms with Crippen LogP contribution in [0.4, 0.5) is 5.82 Å². The average Bonchev–Trinajstić information content (AvgIpc) is 2.36. The minimum absolute atomic E-state index is 0.0315. The number of carbonyl (C=O) groups is 1. The molecule has 0 saturated heterocycles. The number of hydrogen-bond acceptors (Lipinski definition) is 3. The van der Waals surface area contributed by atoms with Crippen molar-refractivity contribution in [2.75, 3.05) is 18.9 Å². The molecule has 0 aliphatic rings. The molecule has 1 aromatic rings. The lowest BCUT2D eigenvalue weighted by atomic mass is 10.0. The van der Waals surface area contributed by atoms with E-state index in [0.29, 0.717) is 11.6 Å². The number of aromatic nitrogens is 1. The summed E-state index contributed by atoms with van der Waals surface area (Å²) in [4.78, 5) is 18.4. The molecule has 0 spiro atoms. The van der Waals surface area contributed by atoms with Crippen LogP contribution in [0.5, 0.6) is 0 Å². The van der Waals surface area contributed by atoms with Crippen molar-refractivity contribution >= 4 is 11.7 Å². The second-order valence-electron chi connectivity index (χ2n) is 4.84. The van der Waals surface area contributed by atoms with Crippen molar-refractivity contribution in [3.63, 3.8) is 0 Å². The number of nitrogens with zero attached hydrogens (tertiary/aromatic N) is 2. The Bertz CT molecular complexity index is 404. The smallest absolute Gasteiger partial charge is 0.272 e. The lowest BCUT2D eigenvalue weighted by Gasteiger charge is -2.27. The van der Waals surface area contributed by atoms with Crippen LogP contribution in [0.2, 0.25) is 0 Å². The van der Waals surface area contributed by atoms with E-state index in [1.54, 1.807) is 11.0 Å². The maximum atomic E-state index is 12.3. The zero-order chi connectivity index (χ0) is 13.7. The molecule has 0 aliphatic heterocycles. The third-order valence-electron chi connectivity index (χ3n) is 3.22. The number of hydrogen-bond donors (Lipinski definition) is 1. The van der Waals surface area contributed by atoms with E-state index in [9.17, 15) is 4.79 Å². The molecule has 0 fully saturated rings. The molecule has 0 radical (unpaired) electrons. The van der Waals surface area contributed by atoms with E-state index in [1.807, 2.05) is 26.1 Å². The highest BCUT2D eigenvalue weighted by Gasteiger charge is 2.20. The largest absolute Gasteiger partial charge is 0.370 e. The van der Waals surface area contributed by atoms with Gasteiger partial charge in [0.15, 0.2) is 0 Å². The first-order valence-corrected chi connectivity index (χ1v) is 6.45. The molecule has 1 rings (SSSR count). The summed E-state index contributed by atoms with van der Waals surface area (Å²) in [6.07, 6.45) is 0. The highest BCUT2D eigenvalue weighted by atomic mass is 16.2. The van der Waals surface area contributed by atoms with E-state index in [-0.39, 0.29) is 11.9 Å². The van der Waals surface area contributed by atoms with Crippen LogP contribution in [0.25, 0.3) is 0 Å². The molecule has 1 amide bonds. The maximum absolute atomic E-state index is 12.3. The molecular weight excluding hydrogens is 226 g/mol. The van der Waals surface area contributed by atoms with Gasteiger partial charge in [-0.15, -0.1) is 0 Å². The fourth-order valence-electron chi connectivity index (χ4n) is 1.65. The van der Waals surface area contributed by atoms with Gasteiger partial charge in [0.05, 0.1) is 0 Å². The Morgan fingerprint density at radius 1 is 1.39 bits per heavy atom. The molecule has 1 N–H and O–H groups in total. The van der Waals surface area contributed by atoms with Gasteiger partial charge in [0.1, 0.15) is 11.5 Å². The Balaban J connectivity index is 2.86. The molecule has 0 saturated carbocycles. The summed E-state index contributed by atoms with van der Waals surface area (Å²) >= 11 is 0. The molecule has 0 aromatic carbocycles. The molecule has 4 nitrogen and oxygen atoms in total. The molecular formula is C14H23N3O. The molecule has 0 bridgehead atoms. The molecule has 1 aromatic heterocycles. The zero-order valence-electron chi connectivity index (χ0n) is 11.9. The van der Waals surface area contributed by atoms with Gasteiger partial charge in [-0.2, -0.15) is 0 Å². The highest BCUT2D eigenvalue weighted by molar-refractivity contribution is 5.92. The van der Waals surface area contributed by atoms with Gasteiger partial charge in [0, 0.05) is 19.6 Å². The molecule has 1 unspecified atom stereocenters. The van der Waals surface area contributed by atoms with Crippen LogP contribution in [-0.4, -0.2) is 35.4 Å². The Kier molecular flexibility index (Phi) is 5.13. The number of anilines is 1. The monoisotopic (exact) mass is 249 g/mol. The first-order valence-electron chi connectivity index (χ1n) is 6.45. The van der Waals surface area contributed by atoms with Crippen LogP contribution in [0.15, 0.2) is 18.2 Å². The SMILES string of the molecule is CCNc1cccc(C(=O)N(C)C(C)C(C)C)n1. The Morgan fingerprint density at radius 3 is 2.61 bits per heavy atom. The summed E-state index contributed by atoms with van der Waals surface area (Å²) in [5.41, 5.74) is 0.489. The van der Waals surface area contributed by atoms with Crippen molar-refractivity contribution in [1.29, 1.82) is 0 Å². The third kappa shape index (κ3) is 3.45. The van der Waals surface area contributed by atoms with Gasteiger partial charge in [0.25, 0.3) is 5.91 Å². The van der Waals surface area contributed by atoms with Crippen molar-refractivity contribution < 1.29 is 4.79 Å². The fourth-order valence-corrected chi connectivity index (χ4v) is 1.65. The maximum Gasteiger partial charge on any atom is 0.272 e. The normalized spacial score (nSPS) is 12.3. The van der Waals surface area contributed by atoms with E-state index < -0.39 is 0 Å². The number of amides is 1. The Morgan fingerprint density at radius 2 is 2.06 bits per heavy atom. The van der Waals surface area contributed by atoms with Gasteiger partial charge in [-0.25, -0.2) is 4.98 Å². The summed E-state index contributed by atoms with van der Waals surface area (Å²) in [7, 11) is 1.83. The number of rotatable bonds is 5. The Hall–Kier alpha value is -1.58. The van der Waals surface area contributed by atoms with Crippen molar-refractivity contribution in [2.24, 2.45) is 5.92 Å². The van der Waals surface area contributed by atoms with Crippen molar-refractivity contribution in [1.82, 2.24) is 9.88 Å². The van der Waals surface area contributed by atoms with Crippen LogP contribution in [-0.2, 0) is 0 Å². The molecule has 1 heterocycles. The first kappa shape index (κ1) is 14.5. The van der Waals surface area contributed by atoms with Crippen molar-refractivity contribution in [2.45, 2.75) is 33.7 Å². The predicted octanol–water partition coefficient (Wildman–Crippen LogP) is 2.63. The quantitative estimate of drug-likeness (QED) is 0.872. The van der Waals surface area contributed by atoms with Gasteiger partial charge in [-0.1, -0.05) is 19.9 Å². The summed E-state index contributed by atoms with van der Waals surface area (Å²) in [5.74, 6) is 1.14. The fraction of sp³-hybridized carbons (Fsp3) is 0.571. The predicted molar refractivity (Wildman–Crippen MR) is 74.8 cm³/mol. The van der Waals surface area contributed by atoms with Gasteiger partial charge >= 0.3 is 0 Å². The highest BCUT2D eigenvalue weighted by Crippen LogP contribution is 2.12. The molecule has 1 atom stereocenters. The standard InChI is InChI=1S/C14H23N3O/c1-6-15-13-9-7-8-12(16-13)14(18)17(5)11(4)10(2)3/h7-11H,6H2,1-5H3,(H,15,16). The number of pyridine rings is 1. The van der Waals surface area contributed by atoms with Crippen LogP contribution < -0.4 is 5.32 Å². The summed E-state index contributed by atoms with van der Waals surface area (Å²) in [6, 6.07) is 5.67. The second-order valence-corrected chi connectivity index (χ2v) is 4.84. The summed E-state index contributed by atoms with van der Waals surface area (Å²) in [6.45, 7) is 9.07. The van der Waals surface area contributed by atoms with Crippen LogP contribution in [0, 0.1) is 5.92 Å². The lowest BCUT2D eigenvalue weighted by Crippen LogP contribution is -2.38. The zero-order valence-corrected chi connectivity index (χ0v) is 11.9. The number of carbonyl (C=O) groups excluding carboxylic acids is 1. The van der Waals surface area contributed by atoms with Crippen LogP contribution >= 0.6 is 0 Å². The van der Waals surface area contributed by atoms with Gasteiger partial charge < -0.3 is 10.2 Å². The van der Waals surface area contributed by atoms with E-state index in [2.05, 4.69) is 31.1 Å². The topological polar surface area (TPSA) is 45.2 Å². The van der Waals surface area contributed by atoms with Gasteiger partial charge in [-0.05, 0) is 31.9 Å². The van der Waals surface area contributed by atoms with Crippen LogP contribution in [0.1, 0.15) is 38.2 Å². The minimum atomic E-state index is -0.0315. The van der Waals surface area contributed by atoms with Gasteiger partial charge in [0.2, 0.25) is 0 Å². The van der Waals surface area contributed by atoms with Crippen LogP contribution in [0.3, 0.4) is 0 Å².